The summed E-state index contributed by atoms with van der Waals surface area (Å²) < 4.78 is 6.71. The van der Waals surface area contributed by atoms with E-state index in [0.717, 1.165) is 15.2 Å². The molecular weight excluding hydrogens is 308 g/mol. The normalized spacial score (nSPS) is 10.7. The van der Waals surface area contributed by atoms with Crippen LogP contribution in [0.25, 0.3) is 10.2 Å². The van der Waals surface area contributed by atoms with E-state index in [2.05, 4.69) is 4.98 Å². The van der Waals surface area contributed by atoms with Gasteiger partial charge in [0.05, 0.1) is 10.2 Å². The number of nitrogens with zero attached hydrogens (tertiary/aromatic N) is 1. The second-order valence-electron chi connectivity index (χ2n) is 4.40. The van der Waals surface area contributed by atoms with Crippen LogP contribution in [0.3, 0.4) is 0 Å². The van der Waals surface area contributed by atoms with E-state index in [1.165, 1.54) is 0 Å². The van der Waals surface area contributed by atoms with Gasteiger partial charge in [0.1, 0.15) is 17.4 Å². The van der Waals surface area contributed by atoms with Crippen molar-refractivity contribution in [2.45, 2.75) is 6.61 Å². The number of primary amides is 1. The third-order valence-electron chi connectivity index (χ3n) is 2.87. The molecule has 0 unspecified atom stereocenters. The number of fused-ring (bicyclic) bond motifs is 1. The van der Waals surface area contributed by atoms with Gasteiger partial charge < -0.3 is 10.5 Å². The first kappa shape index (κ1) is 13.9. The van der Waals surface area contributed by atoms with Gasteiger partial charge >= 0.3 is 0 Å². The molecule has 0 aliphatic heterocycles. The smallest absolute Gasteiger partial charge is 0.248 e. The number of ether oxygens (including phenoxy) is 1. The molecule has 0 spiro atoms. The molecule has 3 aromatic rings. The van der Waals surface area contributed by atoms with Gasteiger partial charge in [0.15, 0.2) is 0 Å². The number of nitrogens with two attached hydrogens (primary N) is 1. The minimum Gasteiger partial charge on any atom is -0.486 e. The summed E-state index contributed by atoms with van der Waals surface area (Å²) >= 11 is 7.49. The maximum absolute atomic E-state index is 11.1. The zero-order valence-electron chi connectivity index (χ0n) is 10.9. The van der Waals surface area contributed by atoms with Crippen LogP contribution in [0.15, 0.2) is 42.5 Å². The lowest BCUT2D eigenvalue weighted by Crippen LogP contribution is -2.10. The Balaban J connectivity index is 1.77. The second-order valence-corrected chi connectivity index (χ2v) is 5.95. The van der Waals surface area contributed by atoms with Crippen molar-refractivity contribution in [3.05, 3.63) is 58.1 Å². The first-order valence-electron chi connectivity index (χ1n) is 6.19. The van der Waals surface area contributed by atoms with E-state index < -0.39 is 5.91 Å². The number of hydrogen-bond acceptors (Lipinski definition) is 4. The van der Waals surface area contributed by atoms with Crippen LogP contribution < -0.4 is 10.5 Å². The predicted octanol–water partition coefficient (Wildman–Crippen LogP) is 3.63. The van der Waals surface area contributed by atoms with Crippen LogP contribution in [0.1, 0.15) is 15.4 Å². The summed E-state index contributed by atoms with van der Waals surface area (Å²) in [6.45, 7) is 0.333. The molecule has 1 amide bonds. The highest BCUT2D eigenvalue weighted by Crippen LogP contribution is 2.26. The number of carbonyl (C=O) groups excluding carboxylic acids is 1. The van der Waals surface area contributed by atoms with Crippen LogP contribution in [0, 0.1) is 0 Å². The van der Waals surface area contributed by atoms with E-state index >= 15 is 0 Å². The maximum atomic E-state index is 11.1. The van der Waals surface area contributed by atoms with Crippen LogP contribution >= 0.6 is 22.9 Å². The summed E-state index contributed by atoms with van der Waals surface area (Å²) in [6, 6.07) is 12.4. The van der Waals surface area contributed by atoms with Crippen molar-refractivity contribution >= 4 is 39.1 Å². The number of hydrogen-bond donors (Lipinski definition) is 1. The SMILES string of the molecule is NC(=O)c1cccc(OCc2nc3cc(Cl)ccc3s2)c1. The highest BCUT2D eigenvalue weighted by molar-refractivity contribution is 7.18. The van der Waals surface area contributed by atoms with E-state index in [9.17, 15) is 4.79 Å². The Morgan fingerprint density at radius 1 is 1.29 bits per heavy atom. The van der Waals surface area contributed by atoms with Gasteiger partial charge in [-0.15, -0.1) is 11.3 Å². The van der Waals surface area contributed by atoms with Gasteiger partial charge in [-0.05, 0) is 36.4 Å². The van der Waals surface area contributed by atoms with Crippen molar-refractivity contribution in [3.63, 3.8) is 0 Å². The molecule has 0 saturated carbocycles. The largest absolute Gasteiger partial charge is 0.486 e. The van der Waals surface area contributed by atoms with Gasteiger partial charge in [0, 0.05) is 10.6 Å². The van der Waals surface area contributed by atoms with E-state index in [1.807, 2.05) is 18.2 Å². The van der Waals surface area contributed by atoms with Crippen molar-refractivity contribution in [3.8, 4) is 5.75 Å². The number of carbonyl (C=O) groups is 1. The van der Waals surface area contributed by atoms with Crippen LogP contribution in [-0.2, 0) is 6.61 Å². The first-order chi connectivity index (χ1) is 10.1. The Labute approximate surface area is 130 Å². The predicted molar refractivity (Wildman–Crippen MR) is 83.9 cm³/mol. The molecule has 3 rings (SSSR count). The van der Waals surface area contributed by atoms with Gasteiger partial charge in [0.2, 0.25) is 5.91 Å². The summed E-state index contributed by atoms with van der Waals surface area (Å²) in [5, 5.41) is 1.51. The zero-order valence-corrected chi connectivity index (χ0v) is 12.4. The van der Waals surface area contributed by atoms with Gasteiger partial charge in [-0.3, -0.25) is 4.79 Å². The number of rotatable bonds is 4. The lowest BCUT2D eigenvalue weighted by Gasteiger charge is -2.04. The fourth-order valence-electron chi connectivity index (χ4n) is 1.89. The molecule has 0 aliphatic carbocycles. The number of benzene rings is 2. The third kappa shape index (κ3) is 3.15. The molecule has 2 N–H and O–H groups in total. The second kappa shape index (κ2) is 5.71. The summed E-state index contributed by atoms with van der Waals surface area (Å²) in [5.41, 5.74) is 6.52. The number of halogens is 1. The summed E-state index contributed by atoms with van der Waals surface area (Å²) in [5.74, 6) is 0.110. The number of aromatic nitrogens is 1. The fourth-order valence-corrected chi connectivity index (χ4v) is 2.92. The minimum atomic E-state index is -0.477. The highest BCUT2D eigenvalue weighted by atomic mass is 35.5. The van der Waals surface area contributed by atoms with Crippen LogP contribution in [0.2, 0.25) is 5.02 Å². The van der Waals surface area contributed by atoms with E-state index in [4.69, 9.17) is 22.1 Å². The third-order valence-corrected chi connectivity index (χ3v) is 4.12. The Morgan fingerprint density at radius 3 is 2.95 bits per heavy atom. The lowest BCUT2D eigenvalue weighted by atomic mass is 10.2. The van der Waals surface area contributed by atoms with E-state index in [1.54, 1.807) is 35.6 Å². The molecule has 1 heterocycles. The standard InChI is InChI=1S/C15H11ClN2O2S/c16-10-4-5-13-12(7-10)18-14(21-13)8-20-11-3-1-2-9(6-11)15(17)19/h1-7H,8H2,(H2,17,19). The summed E-state index contributed by atoms with van der Waals surface area (Å²) in [7, 11) is 0. The lowest BCUT2D eigenvalue weighted by molar-refractivity contribution is 0.1000. The van der Waals surface area contributed by atoms with Gasteiger partial charge in [0.25, 0.3) is 0 Å². The average molecular weight is 319 g/mol. The molecule has 4 nitrogen and oxygen atoms in total. The Bertz CT molecular complexity index is 816. The van der Waals surface area contributed by atoms with E-state index in [-0.39, 0.29) is 0 Å². The van der Waals surface area contributed by atoms with Gasteiger partial charge in [-0.1, -0.05) is 17.7 Å². The Kier molecular flexibility index (Phi) is 3.77. The number of amides is 1. The molecule has 0 aliphatic rings. The quantitative estimate of drug-likeness (QED) is 0.799. The van der Waals surface area contributed by atoms with Crippen molar-refractivity contribution in [2.75, 3.05) is 0 Å². The Hall–Kier alpha value is -2.11. The molecule has 0 bridgehead atoms. The van der Waals surface area contributed by atoms with Crippen molar-refractivity contribution in [1.82, 2.24) is 4.98 Å². The molecule has 0 fully saturated rings. The minimum absolute atomic E-state index is 0.333. The Morgan fingerprint density at radius 2 is 2.14 bits per heavy atom. The summed E-state index contributed by atoms with van der Waals surface area (Å²) in [4.78, 5) is 15.6. The molecule has 0 saturated heterocycles. The molecule has 6 heteroatoms. The van der Waals surface area contributed by atoms with Gasteiger partial charge in [-0.25, -0.2) is 4.98 Å². The van der Waals surface area contributed by atoms with E-state index in [0.29, 0.717) is 22.9 Å². The molecule has 106 valence electrons. The van der Waals surface area contributed by atoms with Crippen LogP contribution in [0.4, 0.5) is 0 Å². The molecule has 21 heavy (non-hydrogen) atoms. The summed E-state index contributed by atoms with van der Waals surface area (Å²) in [6.07, 6.45) is 0. The maximum Gasteiger partial charge on any atom is 0.248 e. The molecule has 1 aromatic heterocycles. The first-order valence-corrected chi connectivity index (χ1v) is 7.39. The number of thiazole rings is 1. The van der Waals surface area contributed by atoms with Gasteiger partial charge in [-0.2, -0.15) is 0 Å². The van der Waals surface area contributed by atoms with Crippen molar-refractivity contribution in [1.29, 1.82) is 0 Å². The van der Waals surface area contributed by atoms with Crippen LogP contribution in [-0.4, -0.2) is 10.9 Å². The molecule has 0 radical (unpaired) electrons. The fraction of sp³-hybridized carbons (Fsp3) is 0.0667. The van der Waals surface area contributed by atoms with Crippen molar-refractivity contribution in [2.24, 2.45) is 5.73 Å². The topological polar surface area (TPSA) is 65.2 Å². The monoisotopic (exact) mass is 318 g/mol. The molecule has 0 atom stereocenters. The molecule has 2 aromatic carbocycles. The van der Waals surface area contributed by atoms with Crippen molar-refractivity contribution < 1.29 is 9.53 Å². The highest BCUT2D eigenvalue weighted by Gasteiger charge is 2.06. The van der Waals surface area contributed by atoms with Crippen LogP contribution in [0.5, 0.6) is 5.75 Å². The average Bonchev–Trinajstić information content (AvgIpc) is 2.87. The molecular formula is C15H11ClN2O2S. The zero-order chi connectivity index (χ0) is 14.8.